The summed E-state index contributed by atoms with van der Waals surface area (Å²) in [6.45, 7) is 1.07. The SMILES string of the molecule is CSC1CCC(NC(=O)c2cn(CCN)nn2)C1. The molecule has 1 aliphatic carbocycles. The zero-order valence-corrected chi connectivity index (χ0v) is 11.3. The standard InChI is InChI=1S/C11H19N5OS/c1-18-9-3-2-8(6-9)13-11(17)10-7-16(5-4-12)15-14-10/h7-9H,2-6,12H2,1H3,(H,13,17). The minimum Gasteiger partial charge on any atom is -0.348 e. The minimum absolute atomic E-state index is 0.134. The van der Waals surface area contributed by atoms with Crippen molar-refractivity contribution in [2.45, 2.75) is 37.1 Å². The van der Waals surface area contributed by atoms with E-state index in [0.29, 0.717) is 24.0 Å². The van der Waals surface area contributed by atoms with E-state index in [4.69, 9.17) is 5.73 Å². The van der Waals surface area contributed by atoms with E-state index in [2.05, 4.69) is 21.9 Å². The Kier molecular flexibility index (Phi) is 4.60. The van der Waals surface area contributed by atoms with Gasteiger partial charge in [0.05, 0.1) is 12.7 Å². The van der Waals surface area contributed by atoms with E-state index in [1.54, 1.807) is 10.9 Å². The van der Waals surface area contributed by atoms with E-state index < -0.39 is 0 Å². The second-order valence-electron chi connectivity index (χ2n) is 4.50. The Morgan fingerprint density at radius 1 is 1.67 bits per heavy atom. The molecular weight excluding hydrogens is 250 g/mol. The van der Waals surface area contributed by atoms with Gasteiger partial charge in [-0.1, -0.05) is 5.21 Å². The smallest absolute Gasteiger partial charge is 0.273 e. The molecule has 1 heterocycles. The third-order valence-corrected chi connectivity index (χ3v) is 4.28. The van der Waals surface area contributed by atoms with Crippen molar-refractivity contribution in [2.75, 3.05) is 12.8 Å². The largest absolute Gasteiger partial charge is 0.348 e. The molecule has 2 unspecified atom stereocenters. The molecular formula is C11H19N5OS. The lowest BCUT2D eigenvalue weighted by Gasteiger charge is -2.11. The molecule has 1 aromatic rings. The number of carbonyl (C=O) groups is 1. The van der Waals surface area contributed by atoms with Crippen molar-refractivity contribution in [3.05, 3.63) is 11.9 Å². The van der Waals surface area contributed by atoms with Crippen molar-refractivity contribution in [3.8, 4) is 0 Å². The Morgan fingerprint density at radius 3 is 3.17 bits per heavy atom. The highest BCUT2D eigenvalue weighted by Crippen LogP contribution is 2.28. The van der Waals surface area contributed by atoms with Crippen LogP contribution in [0.3, 0.4) is 0 Å². The lowest BCUT2D eigenvalue weighted by atomic mass is 10.2. The van der Waals surface area contributed by atoms with Gasteiger partial charge < -0.3 is 11.1 Å². The van der Waals surface area contributed by atoms with Gasteiger partial charge in [0.15, 0.2) is 5.69 Å². The molecule has 0 aliphatic heterocycles. The summed E-state index contributed by atoms with van der Waals surface area (Å²) >= 11 is 1.87. The number of nitrogens with two attached hydrogens (primary N) is 1. The monoisotopic (exact) mass is 269 g/mol. The van der Waals surface area contributed by atoms with Crippen LogP contribution in [-0.4, -0.2) is 45.0 Å². The Morgan fingerprint density at radius 2 is 2.50 bits per heavy atom. The van der Waals surface area contributed by atoms with Crippen LogP contribution >= 0.6 is 11.8 Å². The minimum atomic E-state index is -0.134. The number of aromatic nitrogens is 3. The van der Waals surface area contributed by atoms with Gasteiger partial charge in [-0.3, -0.25) is 9.48 Å². The number of nitrogens with zero attached hydrogens (tertiary/aromatic N) is 3. The second kappa shape index (κ2) is 6.19. The number of thioether (sulfide) groups is 1. The highest BCUT2D eigenvalue weighted by molar-refractivity contribution is 7.99. The number of hydrogen-bond donors (Lipinski definition) is 2. The maximum atomic E-state index is 11.9. The number of hydrogen-bond acceptors (Lipinski definition) is 5. The Labute approximate surface area is 111 Å². The number of amides is 1. The zero-order valence-electron chi connectivity index (χ0n) is 10.5. The predicted octanol–water partition coefficient (Wildman–Crippen LogP) is 0.251. The maximum Gasteiger partial charge on any atom is 0.273 e. The molecule has 0 radical (unpaired) electrons. The van der Waals surface area contributed by atoms with E-state index in [0.717, 1.165) is 12.8 Å². The summed E-state index contributed by atoms with van der Waals surface area (Å²) in [5.41, 5.74) is 5.79. The molecule has 2 rings (SSSR count). The summed E-state index contributed by atoms with van der Waals surface area (Å²) in [5.74, 6) is -0.134. The molecule has 0 aromatic carbocycles. The van der Waals surface area contributed by atoms with Crippen molar-refractivity contribution < 1.29 is 4.79 Å². The van der Waals surface area contributed by atoms with Crippen LogP contribution in [0.2, 0.25) is 0 Å². The van der Waals surface area contributed by atoms with Crippen LogP contribution in [0.15, 0.2) is 6.20 Å². The molecule has 6 nitrogen and oxygen atoms in total. The second-order valence-corrected chi connectivity index (χ2v) is 5.63. The molecule has 1 amide bonds. The summed E-state index contributed by atoms with van der Waals surface area (Å²) in [6.07, 6.45) is 7.03. The Hall–Kier alpha value is -1.08. The first-order chi connectivity index (χ1) is 8.72. The van der Waals surface area contributed by atoms with Crippen LogP contribution in [0.4, 0.5) is 0 Å². The Balaban J connectivity index is 1.87. The lowest BCUT2D eigenvalue weighted by molar-refractivity contribution is 0.0933. The molecule has 1 aliphatic rings. The molecule has 18 heavy (non-hydrogen) atoms. The first-order valence-electron chi connectivity index (χ1n) is 6.16. The van der Waals surface area contributed by atoms with Crippen LogP contribution in [-0.2, 0) is 6.54 Å². The van der Waals surface area contributed by atoms with Crippen LogP contribution < -0.4 is 11.1 Å². The molecule has 2 atom stereocenters. The van der Waals surface area contributed by atoms with Gasteiger partial charge in [-0.25, -0.2) is 0 Å². The van der Waals surface area contributed by atoms with Crippen molar-refractivity contribution in [3.63, 3.8) is 0 Å². The van der Waals surface area contributed by atoms with E-state index in [1.807, 2.05) is 11.8 Å². The molecule has 3 N–H and O–H groups in total. The van der Waals surface area contributed by atoms with Crippen LogP contribution in [0.1, 0.15) is 29.8 Å². The predicted molar refractivity (Wildman–Crippen MR) is 71.5 cm³/mol. The van der Waals surface area contributed by atoms with Gasteiger partial charge in [-0.2, -0.15) is 11.8 Å². The quantitative estimate of drug-likeness (QED) is 0.800. The van der Waals surface area contributed by atoms with Gasteiger partial charge in [0.25, 0.3) is 5.91 Å². The average molecular weight is 269 g/mol. The molecule has 1 aromatic heterocycles. The fourth-order valence-electron chi connectivity index (χ4n) is 2.19. The summed E-state index contributed by atoms with van der Waals surface area (Å²) in [7, 11) is 0. The highest BCUT2D eigenvalue weighted by atomic mass is 32.2. The van der Waals surface area contributed by atoms with E-state index in [9.17, 15) is 4.79 Å². The van der Waals surface area contributed by atoms with Crippen molar-refractivity contribution in [2.24, 2.45) is 5.73 Å². The molecule has 1 fully saturated rings. The van der Waals surface area contributed by atoms with Gasteiger partial charge in [0.1, 0.15) is 0 Å². The van der Waals surface area contributed by atoms with Gasteiger partial charge in [-0.15, -0.1) is 5.10 Å². The van der Waals surface area contributed by atoms with Crippen LogP contribution in [0, 0.1) is 0 Å². The summed E-state index contributed by atoms with van der Waals surface area (Å²) in [5, 5.41) is 11.4. The topological polar surface area (TPSA) is 85.8 Å². The van der Waals surface area contributed by atoms with E-state index in [1.165, 1.54) is 6.42 Å². The molecule has 7 heteroatoms. The van der Waals surface area contributed by atoms with Gasteiger partial charge >= 0.3 is 0 Å². The third-order valence-electron chi connectivity index (χ3n) is 3.18. The molecule has 1 saturated carbocycles. The lowest BCUT2D eigenvalue weighted by Crippen LogP contribution is -2.33. The highest BCUT2D eigenvalue weighted by Gasteiger charge is 2.26. The molecule has 0 saturated heterocycles. The average Bonchev–Trinajstić information content (AvgIpc) is 2.98. The number of carbonyl (C=O) groups excluding carboxylic acids is 1. The zero-order chi connectivity index (χ0) is 13.0. The first kappa shape index (κ1) is 13.4. The number of rotatable bonds is 5. The summed E-state index contributed by atoms with van der Waals surface area (Å²) in [6, 6.07) is 0.273. The third kappa shape index (κ3) is 3.23. The Bertz CT molecular complexity index is 408. The molecule has 0 bridgehead atoms. The van der Waals surface area contributed by atoms with E-state index >= 15 is 0 Å². The van der Waals surface area contributed by atoms with Crippen molar-refractivity contribution in [1.29, 1.82) is 0 Å². The normalized spacial score (nSPS) is 23.2. The fourth-order valence-corrected chi connectivity index (χ4v) is 2.99. The van der Waals surface area contributed by atoms with Crippen LogP contribution in [0.25, 0.3) is 0 Å². The molecule has 100 valence electrons. The fraction of sp³-hybridized carbons (Fsp3) is 0.727. The number of nitrogens with one attached hydrogen (secondary N) is 1. The van der Waals surface area contributed by atoms with Crippen LogP contribution in [0.5, 0.6) is 0 Å². The summed E-state index contributed by atoms with van der Waals surface area (Å²) in [4.78, 5) is 11.9. The first-order valence-corrected chi connectivity index (χ1v) is 7.45. The molecule has 0 spiro atoms. The summed E-state index contributed by atoms with van der Waals surface area (Å²) < 4.78 is 1.59. The van der Waals surface area contributed by atoms with Gasteiger partial charge in [0.2, 0.25) is 0 Å². The van der Waals surface area contributed by atoms with Crippen molar-refractivity contribution >= 4 is 17.7 Å². The van der Waals surface area contributed by atoms with Gasteiger partial charge in [-0.05, 0) is 25.5 Å². The van der Waals surface area contributed by atoms with E-state index in [-0.39, 0.29) is 11.9 Å². The van der Waals surface area contributed by atoms with Crippen molar-refractivity contribution in [1.82, 2.24) is 20.3 Å². The van der Waals surface area contributed by atoms with Gasteiger partial charge in [0, 0.05) is 17.8 Å². The maximum absolute atomic E-state index is 11.9.